The number of amides is 1. The van der Waals surface area contributed by atoms with Crippen LogP contribution in [0, 0.1) is 19.7 Å². The van der Waals surface area contributed by atoms with Gasteiger partial charge in [0.15, 0.2) is 0 Å². The molecular weight excluding hydrogens is 341 g/mol. The zero-order valence-corrected chi connectivity index (χ0v) is 15.0. The monoisotopic (exact) mass is 361 g/mol. The highest BCUT2D eigenvalue weighted by Crippen LogP contribution is 2.44. The molecule has 25 heavy (non-hydrogen) atoms. The van der Waals surface area contributed by atoms with E-state index in [-0.39, 0.29) is 10.7 Å². The lowest BCUT2D eigenvalue weighted by Gasteiger charge is -2.40. The Morgan fingerprint density at radius 3 is 2.24 bits per heavy atom. The van der Waals surface area contributed by atoms with Crippen molar-refractivity contribution in [3.63, 3.8) is 0 Å². The molecule has 1 amide bonds. The first-order valence-corrected chi connectivity index (χ1v) is 9.63. The number of hydrogen-bond acceptors (Lipinski definition) is 3. The van der Waals surface area contributed by atoms with E-state index in [4.69, 9.17) is 0 Å². The number of rotatable bonds is 4. The summed E-state index contributed by atoms with van der Waals surface area (Å²) in [5, 5.41) is 0. The van der Waals surface area contributed by atoms with E-state index in [9.17, 15) is 17.6 Å². The van der Waals surface area contributed by atoms with Crippen molar-refractivity contribution in [2.45, 2.75) is 43.4 Å². The quantitative estimate of drug-likeness (QED) is 0.908. The average molecular weight is 361 g/mol. The number of carbonyl (C=O) groups excluding carboxylic acids is 1. The molecule has 0 spiro atoms. The van der Waals surface area contributed by atoms with Gasteiger partial charge >= 0.3 is 0 Å². The van der Waals surface area contributed by atoms with Crippen LogP contribution in [0.25, 0.3) is 0 Å². The lowest BCUT2D eigenvalue weighted by atomic mass is 9.64. The van der Waals surface area contributed by atoms with Crippen molar-refractivity contribution < 1.29 is 17.6 Å². The van der Waals surface area contributed by atoms with Gasteiger partial charge in [-0.1, -0.05) is 36.2 Å². The van der Waals surface area contributed by atoms with Crippen LogP contribution >= 0.6 is 0 Å². The summed E-state index contributed by atoms with van der Waals surface area (Å²) in [6, 6.07) is 10.7. The molecule has 6 heteroatoms. The van der Waals surface area contributed by atoms with Crippen molar-refractivity contribution in [2.24, 2.45) is 0 Å². The normalized spacial score (nSPS) is 16.1. The Morgan fingerprint density at radius 2 is 1.72 bits per heavy atom. The van der Waals surface area contributed by atoms with Crippen molar-refractivity contribution in [3.8, 4) is 0 Å². The van der Waals surface area contributed by atoms with Crippen molar-refractivity contribution >= 4 is 15.9 Å². The molecule has 1 aliphatic carbocycles. The number of aryl methyl sites for hydroxylation is 2. The fourth-order valence-corrected chi connectivity index (χ4v) is 4.60. The molecule has 0 radical (unpaired) electrons. The molecule has 0 atom stereocenters. The Morgan fingerprint density at radius 1 is 1.08 bits per heavy atom. The van der Waals surface area contributed by atoms with E-state index in [1.54, 1.807) is 31.2 Å². The Bertz CT molecular complexity index is 916. The fourth-order valence-electron chi connectivity index (χ4n) is 3.32. The van der Waals surface area contributed by atoms with Gasteiger partial charge in [-0.25, -0.2) is 17.5 Å². The van der Waals surface area contributed by atoms with E-state index in [2.05, 4.69) is 4.72 Å². The van der Waals surface area contributed by atoms with Crippen molar-refractivity contribution in [1.29, 1.82) is 0 Å². The molecule has 0 bridgehead atoms. The number of nitrogens with one attached hydrogen (secondary N) is 1. The lowest BCUT2D eigenvalue weighted by molar-refractivity contribution is -0.128. The van der Waals surface area contributed by atoms with E-state index in [1.165, 1.54) is 18.2 Å². The topological polar surface area (TPSA) is 63.2 Å². The van der Waals surface area contributed by atoms with Gasteiger partial charge in [0, 0.05) is 0 Å². The summed E-state index contributed by atoms with van der Waals surface area (Å²) in [4.78, 5) is 12.9. The molecule has 1 saturated carbocycles. The molecule has 1 fully saturated rings. The smallest absolute Gasteiger partial charge is 0.264 e. The first-order valence-electron chi connectivity index (χ1n) is 8.15. The summed E-state index contributed by atoms with van der Waals surface area (Å²) in [5.74, 6) is -0.938. The summed E-state index contributed by atoms with van der Waals surface area (Å²) in [5.41, 5.74) is 1.28. The fraction of sp³-hybridized carbons (Fsp3) is 0.316. The van der Waals surface area contributed by atoms with Gasteiger partial charge in [0.1, 0.15) is 5.82 Å². The molecular formula is C19H20FNO3S. The van der Waals surface area contributed by atoms with Crippen LogP contribution in [0.4, 0.5) is 4.39 Å². The molecule has 2 aromatic carbocycles. The van der Waals surface area contributed by atoms with E-state index >= 15 is 0 Å². The summed E-state index contributed by atoms with van der Waals surface area (Å²) in [6.07, 6.45) is 1.92. The third-order valence-electron chi connectivity index (χ3n) is 4.89. The minimum Gasteiger partial charge on any atom is -0.273 e. The highest BCUT2D eigenvalue weighted by atomic mass is 32.2. The first kappa shape index (κ1) is 17.6. The SMILES string of the molecule is Cc1ccc(S(=O)(=O)NC(=O)C2(c3ccc(F)cc3)CCC2)c(C)c1. The van der Waals surface area contributed by atoms with Gasteiger partial charge in [-0.05, 0) is 56.0 Å². The average Bonchev–Trinajstić information content (AvgIpc) is 2.47. The minimum absolute atomic E-state index is 0.0972. The molecule has 0 unspecified atom stereocenters. The Balaban J connectivity index is 1.91. The molecule has 0 heterocycles. The standard InChI is InChI=1S/C19H20FNO3S/c1-13-4-9-17(14(2)12-13)25(23,24)21-18(22)19(10-3-11-19)15-5-7-16(20)8-6-15/h4-9,12H,3,10-11H2,1-2H3,(H,21,22). The number of benzene rings is 2. The number of halogens is 1. The predicted octanol–water partition coefficient (Wildman–Crippen LogP) is 3.37. The van der Waals surface area contributed by atoms with Gasteiger partial charge in [0.05, 0.1) is 10.3 Å². The van der Waals surface area contributed by atoms with Crippen LogP contribution in [0.15, 0.2) is 47.4 Å². The van der Waals surface area contributed by atoms with Crippen LogP contribution in [0.5, 0.6) is 0 Å². The van der Waals surface area contributed by atoms with Gasteiger partial charge in [-0.2, -0.15) is 0 Å². The van der Waals surface area contributed by atoms with E-state index < -0.39 is 21.3 Å². The maximum absolute atomic E-state index is 13.2. The molecule has 0 saturated heterocycles. The van der Waals surface area contributed by atoms with E-state index in [1.807, 2.05) is 6.92 Å². The van der Waals surface area contributed by atoms with Crippen molar-refractivity contribution in [2.75, 3.05) is 0 Å². The van der Waals surface area contributed by atoms with Gasteiger partial charge < -0.3 is 0 Å². The second-order valence-electron chi connectivity index (χ2n) is 6.65. The van der Waals surface area contributed by atoms with Crippen LogP contribution in [0.1, 0.15) is 36.0 Å². The molecule has 0 aromatic heterocycles. The first-order chi connectivity index (χ1) is 11.7. The van der Waals surface area contributed by atoms with Crippen LogP contribution in [-0.2, 0) is 20.2 Å². The minimum atomic E-state index is -3.96. The number of carbonyl (C=O) groups is 1. The summed E-state index contributed by atoms with van der Waals surface area (Å²) in [7, 11) is -3.96. The van der Waals surface area contributed by atoms with Gasteiger partial charge in [0.25, 0.3) is 10.0 Å². The third kappa shape index (κ3) is 3.18. The maximum Gasteiger partial charge on any atom is 0.264 e. The van der Waals surface area contributed by atoms with E-state index in [0.29, 0.717) is 24.0 Å². The molecule has 132 valence electrons. The highest BCUT2D eigenvalue weighted by Gasteiger charge is 2.47. The Hall–Kier alpha value is -2.21. The largest absolute Gasteiger partial charge is 0.273 e. The molecule has 2 aromatic rings. The van der Waals surface area contributed by atoms with Crippen LogP contribution < -0.4 is 4.72 Å². The zero-order chi connectivity index (χ0) is 18.2. The van der Waals surface area contributed by atoms with Gasteiger partial charge in [-0.3, -0.25) is 4.79 Å². The Kier molecular flexibility index (Phi) is 4.41. The van der Waals surface area contributed by atoms with Crippen molar-refractivity contribution in [3.05, 3.63) is 65.0 Å². The van der Waals surface area contributed by atoms with Crippen LogP contribution in [0.3, 0.4) is 0 Å². The number of hydrogen-bond donors (Lipinski definition) is 1. The van der Waals surface area contributed by atoms with Crippen LogP contribution in [0.2, 0.25) is 0 Å². The highest BCUT2D eigenvalue weighted by molar-refractivity contribution is 7.90. The maximum atomic E-state index is 13.2. The molecule has 0 aliphatic heterocycles. The van der Waals surface area contributed by atoms with Gasteiger partial charge in [-0.15, -0.1) is 0 Å². The van der Waals surface area contributed by atoms with Gasteiger partial charge in [0.2, 0.25) is 5.91 Å². The lowest BCUT2D eigenvalue weighted by Crippen LogP contribution is -2.50. The molecule has 4 nitrogen and oxygen atoms in total. The van der Waals surface area contributed by atoms with Crippen LogP contribution in [-0.4, -0.2) is 14.3 Å². The third-order valence-corrected chi connectivity index (χ3v) is 6.38. The predicted molar refractivity (Wildman–Crippen MR) is 93.2 cm³/mol. The summed E-state index contributed by atoms with van der Waals surface area (Å²) in [6.45, 7) is 3.57. The molecule has 3 rings (SSSR count). The van der Waals surface area contributed by atoms with E-state index in [0.717, 1.165) is 12.0 Å². The molecule has 1 aliphatic rings. The Labute approximate surface area is 147 Å². The summed E-state index contributed by atoms with van der Waals surface area (Å²) < 4.78 is 40.7. The zero-order valence-electron chi connectivity index (χ0n) is 14.2. The number of sulfonamides is 1. The second-order valence-corrected chi connectivity index (χ2v) is 8.30. The second kappa shape index (κ2) is 6.26. The molecule has 1 N–H and O–H groups in total. The summed E-state index contributed by atoms with van der Waals surface area (Å²) >= 11 is 0. The van der Waals surface area contributed by atoms with Crippen molar-refractivity contribution in [1.82, 2.24) is 4.72 Å².